The summed E-state index contributed by atoms with van der Waals surface area (Å²) in [4.78, 5) is 25.0. The molecule has 0 aliphatic rings. The fraction of sp³-hybridized carbons (Fsp3) is 0.312. The summed E-state index contributed by atoms with van der Waals surface area (Å²) in [5, 5.41) is 13.6. The molecule has 128 valence electrons. The maximum atomic E-state index is 12.7. The fourth-order valence-electron chi connectivity index (χ4n) is 2.28. The second kappa shape index (κ2) is 7.23. The first-order valence-corrected chi connectivity index (χ1v) is 7.88. The molecule has 1 N–H and O–H groups in total. The van der Waals surface area contributed by atoms with Gasteiger partial charge in [0.1, 0.15) is 17.0 Å². The number of aliphatic carboxylic acids is 1. The Morgan fingerprint density at radius 2 is 1.92 bits per heavy atom. The summed E-state index contributed by atoms with van der Waals surface area (Å²) >= 11 is 12.4. The van der Waals surface area contributed by atoms with Crippen LogP contribution in [0.5, 0.6) is 0 Å². The number of carbonyl (C=O) groups is 2. The summed E-state index contributed by atoms with van der Waals surface area (Å²) in [7, 11) is 1.52. The third-order valence-electron chi connectivity index (χ3n) is 3.59. The third kappa shape index (κ3) is 3.55. The van der Waals surface area contributed by atoms with Crippen LogP contribution in [0, 0.1) is 12.8 Å². The van der Waals surface area contributed by atoms with E-state index >= 15 is 0 Å². The molecule has 0 radical (unpaired) electrons. The predicted octanol–water partition coefficient (Wildman–Crippen LogP) is 3.75. The van der Waals surface area contributed by atoms with Crippen molar-refractivity contribution < 1.29 is 19.2 Å². The van der Waals surface area contributed by atoms with Gasteiger partial charge >= 0.3 is 5.97 Å². The number of aromatic nitrogens is 1. The molecule has 8 heteroatoms. The number of nitrogens with zero attached hydrogens (tertiary/aromatic N) is 2. The summed E-state index contributed by atoms with van der Waals surface area (Å²) in [6.45, 7) is 3.18. The molecule has 0 fully saturated rings. The Kier molecular flexibility index (Phi) is 5.51. The summed E-state index contributed by atoms with van der Waals surface area (Å²) in [6.07, 6.45) is 0. The number of carbonyl (C=O) groups excluding carboxylic acids is 1. The van der Waals surface area contributed by atoms with Crippen LogP contribution in [0.2, 0.25) is 10.0 Å². The highest BCUT2D eigenvalue weighted by atomic mass is 35.5. The summed E-state index contributed by atoms with van der Waals surface area (Å²) < 4.78 is 5.15. The van der Waals surface area contributed by atoms with Gasteiger partial charge in [-0.05, 0) is 19.1 Å². The maximum Gasteiger partial charge on any atom is 0.308 e. The number of carboxylic acid groups (broad SMARTS) is 1. The van der Waals surface area contributed by atoms with Crippen molar-refractivity contribution in [1.29, 1.82) is 0 Å². The van der Waals surface area contributed by atoms with Gasteiger partial charge in [-0.3, -0.25) is 9.59 Å². The normalized spacial score (nSPS) is 12.0. The predicted molar refractivity (Wildman–Crippen MR) is 90.5 cm³/mol. The minimum absolute atomic E-state index is 0.0501. The fourth-order valence-corrected chi connectivity index (χ4v) is 2.86. The molecule has 2 aromatic rings. The van der Waals surface area contributed by atoms with Gasteiger partial charge in [0.2, 0.25) is 0 Å². The molecule has 24 heavy (non-hydrogen) atoms. The lowest BCUT2D eigenvalue weighted by Crippen LogP contribution is -2.34. The van der Waals surface area contributed by atoms with Crippen molar-refractivity contribution in [3.8, 4) is 11.3 Å². The smallest absolute Gasteiger partial charge is 0.308 e. The van der Waals surface area contributed by atoms with E-state index in [2.05, 4.69) is 5.16 Å². The van der Waals surface area contributed by atoms with Crippen LogP contribution in [-0.2, 0) is 4.79 Å². The molecular weight excluding hydrogens is 355 g/mol. The molecule has 0 spiro atoms. The Morgan fingerprint density at radius 3 is 2.46 bits per heavy atom. The summed E-state index contributed by atoms with van der Waals surface area (Å²) in [5.74, 6) is -1.79. The SMILES string of the molecule is Cc1onc(-c2c(Cl)cccc2Cl)c1C(=O)N(C)CC(C)C(=O)O. The topological polar surface area (TPSA) is 83.6 Å². The molecule has 1 aromatic heterocycles. The van der Waals surface area contributed by atoms with Gasteiger partial charge in [-0.2, -0.15) is 0 Å². The van der Waals surface area contributed by atoms with Crippen molar-refractivity contribution in [2.45, 2.75) is 13.8 Å². The average molecular weight is 371 g/mol. The van der Waals surface area contributed by atoms with E-state index in [1.165, 1.54) is 18.9 Å². The summed E-state index contributed by atoms with van der Waals surface area (Å²) in [6, 6.07) is 4.96. The van der Waals surface area contributed by atoms with Crippen LogP contribution in [0.3, 0.4) is 0 Å². The van der Waals surface area contributed by atoms with E-state index in [1.807, 2.05) is 0 Å². The van der Waals surface area contributed by atoms with Crippen molar-refractivity contribution >= 4 is 35.1 Å². The number of halogens is 2. The van der Waals surface area contributed by atoms with Crippen LogP contribution in [0.25, 0.3) is 11.3 Å². The Morgan fingerprint density at radius 1 is 1.33 bits per heavy atom. The molecule has 6 nitrogen and oxygen atoms in total. The van der Waals surface area contributed by atoms with E-state index in [0.717, 1.165) is 0 Å². The van der Waals surface area contributed by atoms with E-state index < -0.39 is 17.8 Å². The van der Waals surface area contributed by atoms with E-state index in [9.17, 15) is 9.59 Å². The monoisotopic (exact) mass is 370 g/mol. The summed E-state index contributed by atoms with van der Waals surface area (Å²) in [5.41, 5.74) is 0.855. The van der Waals surface area contributed by atoms with Gasteiger partial charge in [0.05, 0.1) is 16.0 Å². The highest BCUT2D eigenvalue weighted by Crippen LogP contribution is 2.37. The highest BCUT2D eigenvalue weighted by molar-refractivity contribution is 6.39. The van der Waals surface area contributed by atoms with Crippen LogP contribution in [0.15, 0.2) is 22.7 Å². The van der Waals surface area contributed by atoms with E-state index in [0.29, 0.717) is 21.4 Å². The largest absolute Gasteiger partial charge is 0.481 e. The molecule has 0 aliphatic carbocycles. The molecule has 0 aliphatic heterocycles. The molecular formula is C16H16Cl2N2O4. The van der Waals surface area contributed by atoms with Crippen molar-refractivity contribution in [2.24, 2.45) is 5.92 Å². The zero-order chi connectivity index (χ0) is 18.0. The first-order chi connectivity index (χ1) is 11.2. The molecule has 1 aromatic carbocycles. The van der Waals surface area contributed by atoms with Crippen LogP contribution >= 0.6 is 23.2 Å². The van der Waals surface area contributed by atoms with Crippen LogP contribution in [0.1, 0.15) is 23.0 Å². The number of aryl methyl sites for hydroxylation is 1. The van der Waals surface area contributed by atoms with Crippen LogP contribution < -0.4 is 0 Å². The van der Waals surface area contributed by atoms with Gasteiger partial charge in [-0.1, -0.05) is 41.3 Å². The standard InChI is InChI=1S/C16H16Cl2N2O4/c1-8(16(22)23)7-20(3)15(21)12-9(2)24-19-14(12)13-10(17)5-4-6-11(13)18/h4-6,8H,7H2,1-3H3,(H,22,23). The highest BCUT2D eigenvalue weighted by Gasteiger charge is 2.28. The molecule has 0 saturated carbocycles. The average Bonchev–Trinajstić information content (AvgIpc) is 2.87. The minimum Gasteiger partial charge on any atom is -0.481 e. The van der Waals surface area contributed by atoms with Gasteiger partial charge < -0.3 is 14.5 Å². The van der Waals surface area contributed by atoms with E-state index in [1.54, 1.807) is 25.1 Å². The first-order valence-electron chi connectivity index (χ1n) is 7.13. The zero-order valence-electron chi connectivity index (χ0n) is 13.3. The van der Waals surface area contributed by atoms with E-state index in [-0.39, 0.29) is 17.8 Å². The van der Waals surface area contributed by atoms with Gasteiger partial charge in [0.15, 0.2) is 0 Å². The molecule has 1 unspecified atom stereocenters. The quantitative estimate of drug-likeness (QED) is 0.866. The Labute approximate surface area is 148 Å². The minimum atomic E-state index is -0.980. The molecule has 1 amide bonds. The molecule has 2 rings (SSSR count). The second-order valence-electron chi connectivity index (χ2n) is 5.48. The number of benzene rings is 1. The Balaban J connectivity index is 2.44. The van der Waals surface area contributed by atoms with Gasteiger partial charge in [-0.25, -0.2) is 0 Å². The Bertz CT molecular complexity index is 768. The number of hydrogen-bond acceptors (Lipinski definition) is 4. The van der Waals surface area contributed by atoms with Crippen molar-refractivity contribution in [2.75, 3.05) is 13.6 Å². The second-order valence-corrected chi connectivity index (χ2v) is 6.30. The van der Waals surface area contributed by atoms with Gasteiger partial charge in [-0.15, -0.1) is 0 Å². The first kappa shape index (κ1) is 18.3. The van der Waals surface area contributed by atoms with Crippen molar-refractivity contribution in [3.63, 3.8) is 0 Å². The van der Waals surface area contributed by atoms with Crippen LogP contribution in [-0.4, -0.2) is 40.6 Å². The zero-order valence-corrected chi connectivity index (χ0v) is 14.9. The van der Waals surface area contributed by atoms with Crippen molar-refractivity contribution in [3.05, 3.63) is 39.6 Å². The third-order valence-corrected chi connectivity index (χ3v) is 4.22. The molecule has 1 atom stereocenters. The van der Waals surface area contributed by atoms with E-state index in [4.69, 9.17) is 32.8 Å². The number of rotatable bonds is 5. The molecule has 0 saturated heterocycles. The maximum absolute atomic E-state index is 12.7. The number of hydrogen-bond donors (Lipinski definition) is 1. The Hall–Kier alpha value is -2.05. The lowest BCUT2D eigenvalue weighted by atomic mass is 10.0. The molecule has 0 bridgehead atoms. The van der Waals surface area contributed by atoms with Gasteiger partial charge in [0, 0.05) is 19.2 Å². The lowest BCUT2D eigenvalue weighted by molar-refractivity contribution is -0.141. The van der Waals surface area contributed by atoms with Gasteiger partial charge in [0.25, 0.3) is 5.91 Å². The molecule has 1 heterocycles. The number of carboxylic acids is 1. The van der Waals surface area contributed by atoms with Crippen molar-refractivity contribution in [1.82, 2.24) is 10.1 Å². The van der Waals surface area contributed by atoms with Crippen LogP contribution in [0.4, 0.5) is 0 Å². The lowest BCUT2D eigenvalue weighted by Gasteiger charge is -2.19. The number of amides is 1.